The Bertz CT molecular complexity index is 245. The Hall–Kier alpha value is -0.0800. The van der Waals surface area contributed by atoms with Crippen molar-refractivity contribution in [3.63, 3.8) is 0 Å². The van der Waals surface area contributed by atoms with E-state index < -0.39 is 0 Å². The Morgan fingerprint density at radius 2 is 1.53 bits per heavy atom. The van der Waals surface area contributed by atoms with Gasteiger partial charge in [0.25, 0.3) is 0 Å². The smallest absolute Gasteiger partial charge is 0.0272 e. The maximum Gasteiger partial charge on any atom is 0.0272 e. The molecule has 0 spiro atoms. The fraction of sp³-hybridized carbons (Fsp3) is 1.00. The molecule has 1 aliphatic heterocycles. The molecule has 2 unspecified atom stereocenters. The molecule has 0 radical (unpaired) electrons. The van der Waals surface area contributed by atoms with E-state index in [2.05, 4.69) is 65.6 Å². The van der Waals surface area contributed by atoms with Crippen molar-refractivity contribution in [2.45, 2.75) is 73.5 Å². The molecule has 2 heteroatoms. The minimum absolute atomic E-state index is 0.343. The SMILES string of the molecule is CC(C)N1CC(C(C)(C)C)NCC1C(C)(C)C. The third-order valence-electron chi connectivity index (χ3n) is 4.06. The van der Waals surface area contributed by atoms with Gasteiger partial charge in [-0.15, -0.1) is 0 Å². The molecule has 1 N–H and O–H groups in total. The average molecular weight is 240 g/mol. The third-order valence-corrected chi connectivity index (χ3v) is 4.06. The van der Waals surface area contributed by atoms with Crippen LogP contribution in [0.25, 0.3) is 0 Å². The lowest BCUT2D eigenvalue weighted by atomic mass is 9.79. The predicted octanol–water partition coefficient (Wildman–Crippen LogP) is 3.13. The van der Waals surface area contributed by atoms with Crippen molar-refractivity contribution in [2.24, 2.45) is 10.8 Å². The van der Waals surface area contributed by atoms with Gasteiger partial charge >= 0.3 is 0 Å². The zero-order valence-corrected chi connectivity index (χ0v) is 13.1. The second-order valence-corrected chi connectivity index (χ2v) is 8.00. The summed E-state index contributed by atoms with van der Waals surface area (Å²) in [5.74, 6) is 0. The molecule has 0 aromatic heterocycles. The normalized spacial score (nSPS) is 28.8. The Morgan fingerprint density at radius 1 is 1.00 bits per heavy atom. The van der Waals surface area contributed by atoms with Gasteiger partial charge in [-0.05, 0) is 24.7 Å². The zero-order valence-electron chi connectivity index (χ0n) is 13.1. The molecule has 0 amide bonds. The molecule has 1 saturated heterocycles. The molecule has 0 aromatic rings. The molecule has 1 aliphatic rings. The van der Waals surface area contributed by atoms with Crippen LogP contribution in [-0.2, 0) is 0 Å². The lowest BCUT2D eigenvalue weighted by molar-refractivity contribution is 0.00972. The van der Waals surface area contributed by atoms with E-state index in [1.807, 2.05) is 0 Å². The van der Waals surface area contributed by atoms with E-state index in [1.165, 1.54) is 6.54 Å². The van der Waals surface area contributed by atoms with Crippen LogP contribution in [0.5, 0.6) is 0 Å². The number of nitrogens with one attached hydrogen (secondary N) is 1. The highest BCUT2D eigenvalue weighted by atomic mass is 15.3. The summed E-state index contributed by atoms with van der Waals surface area (Å²) in [4.78, 5) is 2.69. The van der Waals surface area contributed by atoms with E-state index in [0.717, 1.165) is 6.54 Å². The monoisotopic (exact) mass is 240 g/mol. The van der Waals surface area contributed by atoms with Crippen LogP contribution < -0.4 is 5.32 Å². The fourth-order valence-electron chi connectivity index (χ4n) is 2.73. The number of hydrogen-bond donors (Lipinski definition) is 1. The molecule has 1 fully saturated rings. The summed E-state index contributed by atoms with van der Waals surface area (Å²) in [6, 6.07) is 1.87. The fourth-order valence-corrected chi connectivity index (χ4v) is 2.73. The van der Waals surface area contributed by atoms with E-state index in [0.29, 0.717) is 29.0 Å². The van der Waals surface area contributed by atoms with E-state index in [-0.39, 0.29) is 0 Å². The van der Waals surface area contributed by atoms with E-state index in [4.69, 9.17) is 0 Å². The molecule has 2 nitrogen and oxygen atoms in total. The molecule has 0 bridgehead atoms. The zero-order chi connectivity index (χ0) is 13.4. The van der Waals surface area contributed by atoms with Crippen LogP contribution in [0.15, 0.2) is 0 Å². The first-order valence-corrected chi connectivity index (χ1v) is 7.02. The van der Waals surface area contributed by atoms with Gasteiger partial charge < -0.3 is 5.32 Å². The first-order valence-electron chi connectivity index (χ1n) is 7.02. The van der Waals surface area contributed by atoms with Gasteiger partial charge in [0.1, 0.15) is 0 Å². The second kappa shape index (κ2) is 4.89. The van der Waals surface area contributed by atoms with Crippen molar-refractivity contribution < 1.29 is 0 Å². The number of piperazine rings is 1. The summed E-state index contributed by atoms with van der Waals surface area (Å²) in [6.45, 7) is 21.0. The van der Waals surface area contributed by atoms with Crippen molar-refractivity contribution in [1.82, 2.24) is 10.2 Å². The van der Waals surface area contributed by atoms with Crippen molar-refractivity contribution in [3.05, 3.63) is 0 Å². The van der Waals surface area contributed by atoms with Gasteiger partial charge in [0.15, 0.2) is 0 Å². The largest absolute Gasteiger partial charge is 0.311 e. The minimum Gasteiger partial charge on any atom is -0.311 e. The molecule has 0 aliphatic carbocycles. The van der Waals surface area contributed by atoms with Crippen LogP contribution in [0.4, 0.5) is 0 Å². The highest BCUT2D eigenvalue weighted by molar-refractivity contribution is 4.96. The van der Waals surface area contributed by atoms with Gasteiger partial charge in [0, 0.05) is 31.2 Å². The standard InChI is InChI=1S/C15H32N2/c1-11(2)17-10-12(14(3,4)5)16-9-13(17)15(6,7)8/h11-13,16H,9-10H2,1-8H3. The van der Waals surface area contributed by atoms with E-state index in [1.54, 1.807) is 0 Å². The van der Waals surface area contributed by atoms with Gasteiger partial charge in [-0.25, -0.2) is 0 Å². The van der Waals surface area contributed by atoms with Gasteiger partial charge in [-0.3, -0.25) is 4.90 Å². The third kappa shape index (κ3) is 3.69. The van der Waals surface area contributed by atoms with E-state index >= 15 is 0 Å². The first-order chi connectivity index (χ1) is 7.53. The summed E-state index contributed by atoms with van der Waals surface area (Å²) in [5, 5.41) is 3.76. The summed E-state index contributed by atoms with van der Waals surface area (Å²) in [7, 11) is 0. The molecule has 1 heterocycles. The van der Waals surface area contributed by atoms with Crippen LogP contribution in [-0.4, -0.2) is 36.1 Å². The molecular formula is C15H32N2. The predicted molar refractivity (Wildman–Crippen MR) is 76.3 cm³/mol. The van der Waals surface area contributed by atoms with Crippen LogP contribution in [0.3, 0.4) is 0 Å². The quantitative estimate of drug-likeness (QED) is 0.757. The highest BCUT2D eigenvalue weighted by Gasteiger charge is 2.39. The lowest BCUT2D eigenvalue weighted by Crippen LogP contribution is -2.64. The van der Waals surface area contributed by atoms with Crippen LogP contribution >= 0.6 is 0 Å². The van der Waals surface area contributed by atoms with Gasteiger partial charge in [-0.1, -0.05) is 41.5 Å². The van der Waals surface area contributed by atoms with Gasteiger partial charge in [0.05, 0.1) is 0 Å². The van der Waals surface area contributed by atoms with Crippen LogP contribution in [0, 0.1) is 10.8 Å². The summed E-state index contributed by atoms with van der Waals surface area (Å²) >= 11 is 0. The molecule has 1 rings (SSSR count). The highest BCUT2D eigenvalue weighted by Crippen LogP contribution is 2.31. The summed E-state index contributed by atoms with van der Waals surface area (Å²) in [5.41, 5.74) is 0.691. The number of nitrogens with zero attached hydrogens (tertiary/aromatic N) is 1. The summed E-state index contributed by atoms with van der Waals surface area (Å²) in [6.07, 6.45) is 0. The number of rotatable bonds is 1. The Morgan fingerprint density at radius 3 is 1.88 bits per heavy atom. The van der Waals surface area contributed by atoms with Crippen molar-refractivity contribution in [3.8, 4) is 0 Å². The topological polar surface area (TPSA) is 15.3 Å². The first kappa shape index (κ1) is 15.0. The van der Waals surface area contributed by atoms with Crippen LogP contribution in [0.1, 0.15) is 55.4 Å². The molecule has 17 heavy (non-hydrogen) atoms. The van der Waals surface area contributed by atoms with E-state index in [9.17, 15) is 0 Å². The Labute approximate surface area is 108 Å². The lowest BCUT2D eigenvalue weighted by Gasteiger charge is -2.51. The number of hydrogen-bond acceptors (Lipinski definition) is 2. The second-order valence-electron chi connectivity index (χ2n) is 8.00. The summed E-state index contributed by atoms with van der Waals surface area (Å²) < 4.78 is 0. The minimum atomic E-state index is 0.343. The maximum atomic E-state index is 3.76. The molecule has 102 valence electrons. The molecule has 0 aromatic carbocycles. The Balaban J connectivity index is 2.82. The van der Waals surface area contributed by atoms with Crippen molar-refractivity contribution in [1.29, 1.82) is 0 Å². The average Bonchev–Trinajstić information content (AvgIpc) is 2.14. The maximum absolute atomic E-state index is 3.76. The van der Waals surface area contributed by atoms with Crippen molar-refractivity contribution in [2.75, 3.05) is 13.1 Å². The van der Waals surface area contributed by atoms with Crippen LogP contribution in [0.2, 0.25) is 0 Å². The van der Waals surface area contributed by atoms with Gasteiger partial charge in [0.2, 0.25) is 0 Å². The Kier molecular flexibility index (Phi) is 4.31. The molecule has 2 atom stereocenters. The molecular weight excluding hydrogens is 208 g/mol. The molecule has 0 saturated carbocycles. The van der Waals surface area contributed by atoms with Gasteiger partial charge in [-0.2, -0.15) is 0 Å². The van der Waals surface area contributed by atoms with Crippen molar-refractivity contribution >= 4 is 0 Å².